The molecule has 0 bridgehead atoms. The van der Waals surface area contributed by atoms with E-state index in [2.05, 4.69) is 9.46 Å². The summed E-state index contributed by atoms with van der Waals surface area (Å²) in [6.45, 7) is -0.0414. The fourth-order valence-electron chi connectivity index (χ4n) is 0.426. The minimum Gasteiger partial charge on any atom is -0.384 e. The largest absolute Gasteiger partial charge is 0.384 e. The summed E-state index contributed by atoms with van der Waals surface area (Å²) in [4.78, 5) is 9.77. The van der Waals surface area contributed by atoms with Gasteiger partial charge in [0.2, 0.25) is 10.0 Å². The molecule has 0 spiro atoms. The lowest BCUT2D eigenvalue weighted by Crippen LogP contribution is -2.29. The molecule has 0 saturated carbocycles. The van der Waals surface area contributed by atoms with Gasteiger partial charge in [-0.05, 0) is 0 Å². The van der Waals surface area contributed by atoms with E-state index < -0.39 is 10.0 Å². The van der Waals surface area contributed by atoms with Crippen LogP contribution < -0.4 is 4.72 Å². The van der Waals surface area contributed by atoms with Gasteiger partial charge in [0.1, 0.15) is 6.29 Å². The molecule has 0 fully saturated rings. The normalized spacial score (nSPS) is 11.4. The molecular formula is C5H11NO4S. The number of sulfonamides is 1. The van der Waals surface area contributed by atoms with Gasteiger partial charge in [-0.25, -0.2) is 13.1 Å². The van der Waals surface area contributed by atoms with E-state index in [-0.39, 0.29) is 18.9 Å². The van der Waals surface area contributed by atoms with Crippen LogP contribution >= 0.6 is 0 Å². The number of carbonyl (C=O) groups excluding carboxylic acids is 1. The average Bonchev–Trinajstić information content (AvgIpc) is 1.97. The van der Waals surface area contributed by atoms with Crippen molar-refractivity contribution < 1.29 is 17.9 Å². The lowest BCUT2D eigenvalue weighted by atomic mass is 10.8. The van der Waals surface area contributed by atoms with Gasteiger partial charge in [-0.2, -0.15) is 0 Å². The smallest absolute Gasteiger partial charge is 0.214 e. The number of aldehydes is 1. The molecule has 0 saturated heterocycles. The molecular weight excluding hydrogens is 170 g/mol. The highest BCUT2D eigenvalue weighted by Gasteiger charge is 2.07. The zero-order valence-corrected chi connectivity index (χ0v) is 7.06. The maximum Gasteiger partial charge on any atom is 0.214 e. The number of hydrogen-bond acceptors (Lipinski definition) is 4. The van der Waals surface area contributed by atoms with Crippen molar-refractivity contribution >= 4 is 16.3 Å². The zero-order chi connectivity index (χ0) is 8.74. The summed E-state index contributed by atoms with van der Waals surface area (Å²) >= 11 is 0. The van der Waals surface area contributed by atoms with Crippen molar-refractivity contribution in [3.63, 3.8) is 0 Å². The van der Waals surface area contributed by atoms with Gasteiger partial charge in [-0.1, -0.05) is 0 Å². The molecule has 6 heteroatoms. The Morgan fingerprint density at radius 2 is 2.18 bits per heavy atom. The maximum absolute atomic E-state index is 10.8. The first-order valence-corrected chi connectivity index (χ1v) is 4.67. The van der Waals surface area contributed by atoms with Gasteiger partial charge in [-0.15, -0.1) is 0 Å². The number of ether oxygens (including phenoxy) is 1. The molecule has 0 aliphatic rings. The van der Waals surface area contributed by atoms with E-state index in [4.69, 9.17) is 0 Å². The second-order valence-electron chi connectivity index (χ2n) is 1.83. The Hall–Kier alpha value is -0.460. The van der Waals surface area contributed by atoms with Crippen molar-refractivity contribution in [2.75, 3.05) is 26.0 Å². The SMILES string of the molecule is COCCS(=O)(=O)NCC=O. The fourth-order valence-corrected chi connectivity index (χ4v) is 1.28. The van der Waals surface area contributed by atoms with Crippen molar-refractivity contribution in [1.29, 1.82) is 0 Å². The molecule has 0 aromatic heterocycles. The molecule has 5 nitrogen and oxygen atoms in total. The molecule has 0 aromatic rings. The predicted octanol–water partition coefficient (Wildman–Crippen LogP) is -1.25. The first-order valence-electron chi connectivity index (χ1n) is 3.02. The van der Waals surface area contributed by atoms with Gasteiger partial charge in [0.25, 0.3) is 0 Å². The minimum atomic E-state index is -3.31. The zero-order valence-electron chi connectivity index (χ0n) is 6.24. The second kappa shape index (κ2) is 5.22. The Bertz CT molecular complexity index is 199. The van der Waals surface area contributed by atoms with Crippen LogP contribution in [0.15, 0.2) is 0 Å². The van der Waals surface area contributed by atoms with E-state index in [1.807, 2.05) is 0 Å². The molecule has 1 N–H and O–H groups in total. The summed E-state index contributed by atoms with van der Waals surface area (Å²) in [6, 6.07) is 0. The van der Waals surface area contributed by atoms with Gasteiger partial charge in [0.15, 0.2) is 0 Å². The van der Waals surface area contributed by atoms with Gasteiger partial charge >= 0.3 is 0 Å². The van der Waals surface area contributed by atoms with Gasteiger partial charge in [-0.3, -0.25) is 0 Å². The molecule has 0 unspecified atom stereocenters. The van der Waals surface area contributed by atoms with Crippen molar-refractivity contribution in [2.24, 2.45) is 0 Å². The third kappa shape index (κ3) is 5.96. The van der Waals surface area contributed by atoms with Crippen LogP contribution in [-0.4, -0.2) is 40.7 Å². The highest BCUT2D eigenvalue weighted by atomic mass is 32.2. The van der Waals surface area contributed by atoms with Gasteiger partial charge in [0.05, 0.1) is 18.9 Å². The molecule has 0 heterocycles. The van der Waals surface area contributed by atoms with Crippen LogP contribution in [0.5, 0.6) is 0 Å². The number of hydrogen-bond donors (Lipinski definition) is 1. The molecule has 0 rings (SSSR count). The van der Waals surface area contributed by atoms with Crippen LogP contribution in [0.2, 0.25) is 0 Å². The van der Waals surface area contributed by atoms with Crippen LogP contribution in [0, 0.1) is 0 Å². The van der Waals surface area contributed by atoms with E-state index >= 15 is 0 Å². The first-order chi connectivity index (χ1) is 5.12. The number of rotatable bonds is 6. The Balaban J connectivity index is 3.71. The quantitative estimate of drug-likeness (QED) is 0.520. The molecule has 11 heavy (non-hydrogen) atoms. The van der Waals surface area contributed by atoms with Crippen LogP contribution in [-0.2, 0) is 19.6 Å². The number of methoxy groups -OCH3 is 1. The lowest BCUT2D eigenvalue weighted by molar-refractivity contribution is -0.106. The summed E-state index contributed by atoms with van der Waals surface area (Å²) in [5.41, 5.74) is 0. The van der Waals surface area contributed by atoms with Crippen LogP contribution in [0.4, 0.5) is 0 Å². The average molecular weight is 181 g/mol. The van der Waals surface area contributed by atoms with E-state index in [1.54, 1.807) is 0 Å². The van der Waals surface area contributed by atoms with Crippen molar-refractivity contribution in [3.05, 3.63) is 0 Å². The molecule has 0 radical (unpaired) electrons. The summed E-state index contributed by atoms with van der Waals surface area (Å²) < 4.78 is 28.2. The van der Waals surface area contributed by atoms with E-state index in [0.29, 0.717) is 6.29 Å². The summed E-state index contributed by atoms with van der Waals surface area (Å²) in [6.07, 6.45) is 0.490. The summed E-state index contributed by atoms with van der Waals surface area (Å²) in [5.74, 6) is -0.114. The fraction of sp³-hybridized carbons (Fsp3) is 0.800. The highest BCUT2D eigenvalue weighted by molar-refractivity contribution is 7.89. The van der Waals surface area contributed by atoms with Crippen LogP contribution in [0.25, 0.3) is 0 Å². The first kappa shape index (κ1) is 10.5. The maximum atomic E-state index is 10.8. The predicted molar refractivity (Wildman–Crippen MR) is 39.7 cm³/mol. The second-order valence-corrected chi connectivity index (χ2v) is 3.75. The number of carbonyl (C=O) groups is 1. The van der Waals surface area contributed by atoms with Crippen LogP contribution in [0.1, 0.15) is 0 Å². The molecule has 0 atom stereocenters. The van der Waals surface area contributed by atoms with Gasteiger partial charge < -0.3 is 9.53 Å². The molecule has 0 amide bonds. The van der Waals surface area contributed by atoms with Gasteiger partial charge in [0, 0.05) is 7.11 Å². The Labute approximate surface area is 65.8 Å². The van der Waals surface area contributed by atoms with E-state index in [1.165, 1.54) is 7.11 Å². The van der Waals surface area contributed by atoms with E-state index in [0.717, 1.165) is 0 Å². The number of nitrogens with one attached hydrogen (secondary N) is 1. The van der Waals surface area contributed by atoms with Crippen molar-refractivity contribution in [2.45, 2.75) is 0 Å². The standard InChI is InChI=1S/C5H11NO4S/c1-10-4-5-11(8,9)6-2-3-7/h3,6H,2,4-5H2,1H3. The third-order valence-corrected chi connectivity index (χ3v) is 2.25. The lowest BCUT2D eigenvalue weighted by Gasteiger charge is -2.01. The molecule has 66 valence electrons. The summed E-state index contributed by atoms with van der Waals surface area (Å²) in [5, 5.41) is 0. The Morgan fingerprint density at radius 3 is 2.64 bits per heavy atom. The monoisotopic (exact) mass is 181 g/mol. The Morgan fingerprint density at radius 1 is 1.55 bits per heavy atom. The Kier molecular flexibility index (Phi) is 5.01. The third-order valence-electron chi connectivity index (χ3n) is 0.943. The van der Waals surface area contributed by atoms with E-state index in [9.17, 15) is 13.2 Å². The molecule has 0 aliphatic heterocycles. The highest BCUT2D eigenvalue weighted by Crippen LogP contribution is 1.82. The molecule has 0 aliphatic carbocycles. The van der Waals surface area contributed by atoms with Crippen molar-refractivity contribution in [3.8, 4) is 0 Å². The molecule has 0 aromatic carbocycles. The summed E-state index contributed by atoms with van der Waals surface area (Å²) in [7, 11) is -1.90. The van der Waals surface area contributed by atoms with Crippen molar-refractivity contribution in [1.82, 2.24) is 4.72 Å². The minimum absolute atomic E-state index is 0.114. The topological polar surface area (TPSA) is 72.5 Å². The van der Waals surface area contributed by atoms with Crippen LogP contribution in [0.3, 0.4) is 0 Å².